The summed E-state index contributed by atoms with van der Waals surface area (Å²) < 4.78 is 9.67. The van der Waals surface area contributed by atoms with Gasteiger partial charge in [0.15, 0.2) is 6.61 Å². The molecule has 0 atom stereocenters. The Morgan fingerprint density at radius 1 is 1.08 bits per heavy atom. The van der Waals surface area contributed by atoms with Crippen LogP contribution in [-0.4, -0.2) is 31.6 Å². The maximum absolute atomic E-state index is 11.8. The highest BCUT2D eigenvalue weighted by atomic mass is 16.5. The van der Waals surface area contributed by atoms with Gasteiger partial charge in [0.1, 0.15) is 0 Å². The number of benzene rings is 1. The standard InChI is InChI=1S/C20H27NO5/c1-25-20(24)17-10-7-16(8-11-17)13-21-18(22)14-26-19(23)12-9-15-5-3-2-4-6-15/h7-8,10-11,15H,2-6,9,12-14H2,1H3,(H,21,22). The molecule has 0 radical (unpaired) electrons. The van der Waals surface area contributed by atoms with E-state index in [1.165, 1.54) is 39.2 Å². The van der Waals surface area contributed by atoms with Gasteiger partial charge < -0.3 is 14.8 Å². The quantitative estimate of drug-likeness (QED) is 0.720. The predicted molar refractivity (Wildman–Crippen MR) is 96.4 cm³/mol. The summed E-state index contributed by atoms with van der Waals surface area (Å²) in [5, 5.41) is 2.69. The highest BCUT2D eigenvalue weighted by molar-refractivity contribution is 5.89. The van der Waals surface area contributed by atoms with Crippen LogP contribution in [0.25, 0.3) is 0 Å². The average Bonchev–Trinajstić information content (AvgIpc) is 2.69. The molecule has 142 valence electrons. The maximum atomic E-state index is 11.8. The van der Waals surface area contributed by atoms with E-state index in [0.29, 0.717) is 24.4 Å². The summed E-state index contributed by atoms with van der Waals surface area (Å²) in [4.78, 5) is 34.9. The van der Waals surface area contributed by atoms with Gasteiger partial charge in [-0.05, 0) is 30.0 Å². The SMILES string of the molecule is COC(=O)c1ccc(CNC(=O)COC(=O)CCC2CCCCC2)cc1. The molecular weight excluding hydrogens is 334 g/mol. The molecule has 26 heavy (non-hydrogen) atoms. The zero-order chi connectivity index (χ0) is 18.8. The second-order valence-electron chi connectivity index (χ2n) is 6.67. The van der Waals surface area contributed by atoms with Crippen molar-refractivity contribution in [2.75, 3.05) is 13.7 Å². The summed E-state index contributed by atoms with van der Waals surface area (Å²) in [6.07, 6.45) is 7.43. The molecule has 0 aromatic heterocycles. The Morgan fingerprint density at radius 3 is 2.42 bits per heavy atom. The van der Waals surface area contributed by atoms with Crippen molar-refractivity contribution >= 4 is 17.8 Å². The highest BCUT2D eigenvalue weighted by Crippen LogP contribution is 2.27. The molecule has 1 aromatic rings. The Labute approximate surface area is 154 Å². The lowest BCUT2D eigenvalue weighted by Crippen LogP contribution is -2.28. The predicted octanol–water partition coefficient (Wildman–Crippen LogP) is 2.99. The van der Waals surface area contributed by atoms with E-state index in [9.17, 15) is 14.4 Å². The van der Waals surface area contributed by atoms with Gasteiger partial charge in [0.2, 0.25) is 0 Å². The minimum atomic E-state index is -0.402. The van der Waals surface area contributed by atoms with Crippen LogP contribution in [0, 0.1) is 5.92 Å². The number of carbonyl (C=O) groups is 3. The molecule has 0 aliphatic heterocycles. The van der Waals surface area contributed by atoms with Gasteiger partial charge >= 0.3 is 11.9 Å². The zero-order valence-electron chi connectivity index (χ0n) is 15.3. The van der Waals surface area contributed by atoms with E-state index in [4.69, 9.17) is 4.74 Å². The first-order valence-electron chi connectivity index (χ1n) is 9.18. The number of amides is 1. The Balaban J connectivity index is 1.62. The van der Waals surface area contributed by atoms with Crippen LogP contribution in [0.5, 0.6) is 0 Å². The van der Waals surface area contributed by atoms with Gasteiger partial charge in [-0.15, -0.1) is 0 Å². The molecule has 0 unspecified atom stereocenters. The largest absolute Gasteiger partial charge is 0.465 e. The van der Waals surface area contributed by atoms with Crippen molar-refractivity contribution in [2.24, 2.45) is 5.92 Å². The fourth-order valence-electron chi connectivity index (χ4n) is 3.14. The normalized spacial score (nSPS) is 14.5. The Morgan fingerprint density at radius 2 is 1.77 bits per heavy atom. The molecule has 6 nitrogen and oxygen atoms in total. The van der Waals surface area contributed by atoms with Gasteiger partial charge in [-0.2, -0.15) is 0 Å². The van der Waals surface area contributed by atoms with E-state index in [1.54, 1.807) is 24.3 Å². The van der Waals surface area contributed by atoms with Crippen molar-refractivity contribution in [1.82, 2.24) is 5.32 Å². The lowest BCUT2D eigenvalue weighted by molar-refractivity contribution is -0.148. The molecule has 1 fully saturated rings. The van der Waals surface area contributed by atoms with Crippen molar-refractivity contribution in [3.63, 3.8) is 0 Å². The molecule has 1 amide bonds. The van der Waals surface area contributed by atoms with Gasteiger partial charge in [-0.25, -0.2) is 4.79 Å². The molecular formula is C20H27NO5. The Kier molecular flexibility index (Phi) is 8.12. The topological polar surface area (TPSA) is 81.7 Å². The monoisotopic (exact) mass is 361 g/mol. The summed E-state index contributed by atoms with van der Waals surface area (Å²) in [6.45, 7) is 0.0453. The maximum Gasteiger partial charge on any atom is 0.337 e. The first-order chi connectivity index (χ1) is 12.6. The third-order valence-electron chi connectivity index (χ3n) is 4.71. The molecule has 1 saturated carbocycles. The zero-order valence-corrected chi connectivity index (χ0v) is 15.3. The Bertz CT molecular complexity index is 605. The highest BCUT2D eigenvalue weighted by Gasteiger charge is 2.16. The van der Waals surface area contributed by atoms with Crippen LogP contribution in [0.3, 0.4) is 0 Å². The van der Waals surface area contributed by atoms with E-state index >= 15 is 0 Å². The van der Waals surface area contributed by atoms with Crippen molar-refractivity contribution in [1.29, 1.82) is 0 Å². The fraction of sp³-hybridized carbons (Fsp3) is 0.550. The van der Waals surface area contributed by atoms with Crippen molar-refractivity contribution in [3.05, 3.63) is 35.4 Å². The molecule has 1 N–H and O–H groups in total. The van der Waals surface area contributed by atoms with Gasteiger partial charge in [-0.1, -0.05) is 44.2 Å². The van der Waals surface area contributed by atoms with E-state index in [1.807, 2.05) is 0 Å². The molecule has 6 heteroatoms. The summed E-state index contributed by atoms with van der Waals surface area (Å²) in [5.41, 5.74) is 1.30. The summed E-state index contributed by atoms with van der Waals surface area (Å²) >= 11 is 0. The smallest absolute Gasteiger partial charge is 0.337 e. The molecule has 0 spiro atoms. The van der Waals surface area contributed by atoms with Crippen LogP contribution in [0.2, 0.25) is 0 Å². The van der Waals surface area contributed by atoms with Crippen molar-refractivity contribution < 1.29 is 23.9 Å². The average molecular weight is 361 g/mol. The lowest BCUT2D eigenvalue weighted by Gasteiger charge is -2.20. The van der Waals surface area contributed by atoms with E-state index in [-0.39, 0.29) is 18.5 Å². The third kappa shape index (κ3) is 6.86. The first-order valence-corrected chi connectivity index (χ1v) is 9.18. The van der Waals surface area contributed by atoms with E-state index in [0.717, 1.165) is 12.0 Å². The van der Waals surface area contributed by atoms with Crippen LogP contribution in [0.15, 0.2) is 24.3 Å². The minimum Gasteiger partial charge on any atom is -0.465 e. The molecule has 1 aliphatic rings. The fourth-order valence-corrected chi connectivity index (χ4v) is 3.14. The number of esters is 2. The number of methoxy groups -OCH3 is 1. The van der Waals surface area contributed by atoms with E-state index in [2.05, 4.69) is 10.1 Å². The number of hydrogen-bond donors (Lipinski definition) is 1. The van der Waals surface area contributed by atoms with Gasteiger partial charge in [0.25, 0.3) is 5.91 Å². The molecule has 1 aromatic carbocycles. The summed E-state index contributed by atoms with van der Waals surface area (Å²) in [6, 6.07) is 6.75. The van der Waals surface area contributed by atoms with Crippen LogP contribution < -0.4 is 5.32 Å². The molecule has 0 heterocycles. The van der Waals surface area contributed by atoms with Gasteiger partial charge in [-0.3, -0.25) is 9.59 Å². The number of carbonyl (C=O) groups excluding carboxylic acids is 3. The molecule has 1 aliphatic carbocycles. The van der Waals surface area contributed by atoms with Crippen LogP contribution in [-0.2, 0) is 25.6 Å². The third-order valence-corrected chi connectivity index (χ3v) is 4.71. The van der Waals surface area contributed by atoms with Crippen molar-refractivity contribution in [3.8, 4) is 0 Å². The Hall–Kier alpha value is -2.37. The van der Waals surface area contributed by atoms with Crippen LogP contribution in [0.1, 0.15) is 60.9 Å². The van der Waals surface area contributed by atoms with Gasteiger partial charge in [0.05, 0.1) is 12.7 Å². The van der Waals surface area contributed by atoms with Crippen LogP contribution in [0.4, 0.5) is 0 Å². The van der Waals surface area contributed by atoms with E-state index < -0.39 is 5.97 Å². The number of rotatable bonds is 8. The minimum absolute atomic E-state index is 0.260. The number of hydrogen-bond acceptors (Lipinski definition) is 5. The second kappa shape index (κ2) is 10.6. The first kappa shape index (κ1) is 19.9. The lowest BCUT2D eigenvalue weighted by atomic mass is 9.86. The number of ether oxygens (including phenoxy) is 2. The number of nitrogens with one attached hydrogen (secondary N) is 1. The summed E-state index contributed by atoms with van der Waals surface area (Å²) in [7, 11) is 1.33. The summed E-state index contributed by atoms with van der Waals surface area (Å²) in [5.74, 6) is -0.431. The molecule has 0 saturated heterocycles. The van der Waals surface area contributed by atoms with Gasteiger partial charge in [0, 0.05) is 13.0 Å². The van der Waals surface area contributed by atoms with Crippen LogP contribution >= 0.6 is 0 Å². The molecule has 2 rings (SSSR count). The van der Waals surface area contributed by atoms with Crippen molar-refractivity contribution in [2.45, 2.75) is 51.5 Å². The second-order valence-corrected chi connectivity index (χ2v) is 6.67. The molecule has 0 bridgehead atoms.